The Balaban J connectivity index is 1.76. The zero-order chi connectivity index (χ0) is 25.7. The van der Waals surface area contributed by atoms with Crippen LogP contribution in [0.15, 0.2) is 52.7 Å². The summed E-state index contributed by atoms with van der Waals surface area (Å²) in [5, 5.41) is 7.37. The van der Waals surface area contributed by atoms with E-state index in [2.05, 4.69) is 17.4 Å². The van der Waals surface area contributed by atoms with Gasteiger partial charge in [-0.25, -0.2) is 4.79 Å². The van der Waals surface area contributed by atoms with Gasteiger partial charge in [0, 0.05) is 17.8 Å². The highest BCUT2D eigenvalue weighted by Crippen LogP contribution is 2.38. The fourth-order valence-corrected chi connectivity index (χ4v) is 4.32. The minimum absolute atomic E-state index is 0.146. The summed E-state index contributed by atoms with van der Waals surface area (Å²) >= 11 is 0. The van der Waals surface area contributed by atoms with E-state index in [0.717, 1.165) is 47.4 Å². The number of nitrogens with one attached hydrogen (secondary N) is 1. The number of rotatable bonds is 10. The Morgan fingerprint density at radius 2 is 1.75 bits per heavy atom. The lowest BCUT2D eigenvalue weighted by Gasteiger charge is -2.35. The number of benzene rings is 2. The summed E-state index contributed by atoms with van der Waals surface area (Å²) in [5.41, 5.74) is 3.16. The predicted molar refractivity (Wildman–Crippen MR) is 136 cm³/mol. The third-order valence-corrected chi connectivity index (χ3v) is 6.33. The van der Waals surface area contributed by atoms with Gasteiger partial charge in [0.15, 0.2) is 11.5 Å². The standard InChI is InChI=1S/C27H32N4O5/c1-6-7-8-15-31-17(2)23(24(28-27(31)32)18-9-12-20(33-3)13-10-18)26-29-25(30-36-26)19-11-14-21(34-4)22(16-19)35-5/h9-14,16,24H,6-8,15H2,1-5H3,(H,28,32). The van der Waals surface area contributed by atoms with E-state index < -0.39 is 6.04 Å². The van der Waals surface area contributed by atoms with Gasteiger partial charge in [-0.05, 0) is 49.2 Å². The zero-order valence-corrected chi connectivity index (χ0v) is 21.3. The van der Waals surface area contributed by atoms with Crippen molar-refractivity contribution in [2.45, 2.75) is 39.2 Å². The van der Waals surface area contributed by atoms with Gasteiger partial charge in [-0.1, -0.05) is 37.1 Å². The molecule has 0 radical (unpaired) electrons. The van der Waals surface area contributed by atoms with E-state index in [1.165, 1.54) is 0 Å². The van der Waals surface area contributed by atoms with Crippen LogP contribution in [0, 0.1) is 0 Å². The van der Waals surface area contributed by atoms with E-state index >= 15 is 0 Å². The molecule has 36 heavy (non-hydrogen) atoms. The molecule has 1 atom stereocenters. The van der Waals surface area contributed by atoms with Crippen LogP contribution in [0.1, 0.15) is 50.6 Å². The predicted octanol–water partition coefficient (Wildman–Crippen LogP) is 5.45. The number of carbonyl (C=O) groups excluding carboxylic acids is 1. The van der Waals surface area contributed by atoms with Crippen LogP contribution in [-0.4, -0.2) is 48.9 Å². The summed E-state index contributed by atoms with van der Waals surface area (Å²) in [7, 11) is 4.78. The van der Waals surface area contributed by atoms with Crippen LogP contribution >= 0.6 is 0 Å². The minimum Gasteiger partial charge on any atom is -0.497 e. The molecule has 9 heteroatoms. The first-order chi connectivity index (χ1) is 17.5. The van der Waals surface area contributed by atoms with Crippen LogP contribution in [0.2, 0.25) is 0 Å². The van der Waals surface area contributed by atoms with Crippen LogP contribution in [0.3, 0.4) is 0 Å². The summed E-state index contributed by atoms with van der Waals surface area (Å²) < 4.78 is 21.8. The largest absolute Gasteiger partial charge is 0.497 e. The first-order valence-corrected chi connectivity index (χ1v) is 12.0. The first-order valence-electron chi connectivity index (χ1n) is 12.0. The molecular formula is C27H32N4O5. The molecule has 4 rings (SSSR count). The van der Waals surface area contributed by atoms with Crippen LogP contribution in [0.5, 0.6) is 17.2 Å². The summed E-state index contributed by atoms with van der Waals surface area (Å²) in [6.45, 7) is 4.68. The van der Waals surface area contributed by atoms with Crippen molar-refractivity contribution in [3.05, 3.63) is 59.6 Å². The minimum atomic E-state index is -0.454. The Morgan fingerprint density at radius 3 is 2.42 bits per heavy atom. The number of methoxy groups -OCH3 is 3. The molecule has 9 nitrogen and oxygen atoms in total. The highest BCUT2D eigenvalue weighted by molar-refractivity contribution is 5.87. The van der Waals surface area contributed by atoms with Crippen LogP contribution < -0.4 is 19.5 Å². The molecule has 1 unspecified atom stereocenters. The van der Waals surface area contributed by atoms with E-state index in [1.54, 1.807) is 38.4 Å². The van der Waals surface area contributed by atoms with Gasteiger partial charge in [0.05, 0.1) is 32.9 Å². The molecule has 2 aromatic carbocycles. The van der Waals surface area contributed by atoms with Crippen LogP contribution in [0.4, 0.5) is 4.79 Å². The van der Waals surface area contributed by atoms with Crippen molar-refractivity contribution in [2.75, 3.05) is 27.9 Å². The van der Waals surface area contributed by atoms with Crippen molar-refractivity contribution in [3.8, 4) is 28.6 Å². The van der Waals surface area contributed by atoms with Gasteiger partial charge in [-0.15, -0.1) is 0 Å². The van der Waals surface area contributed by atoms with Gasteiger partial charge >= 0.3 is 6.03 Å². The average molecular weight is 493 g/mol. The molecule has 1 N–H and O–H groups in total. The molecule has 0 saturated carbocycles. The second-order valence-corrected chi connectivity index (χ2v) is 8.51. The lowest BCUT2D eigenvalue weighted by atomic mass is 9.94. The van der Waals surface area contributed by atoms with E-state index in [4.69, 9.17) is 23.7 Å². The number of hydrogen-bond donors (Lipinski definition) is 1. The van der Waals surface area contributed by atoms with Crippen LogP contribution in [-0.2, 0) is 0 Å². The molecular weight excluding hydrogens is 460 g/mol. The molecule has 2 amide bonds. The quantitative estimate of drug-likeness (QED) is 0.376. The maximum atomic E-state index is 13.1. The van der Waals surface area contributed by atoms with E-state index in [9.17, 15) is 4.79 Å². The third-order valence-electron chi connectivity index (χ3n) is 6.33. The summed E-state index contributed by atoms with van der Waals surface area (Å²) in [5.74, 6) is 2.67. The monoisotopic (exact) mass is 492 g/mol. The highest BCUT2D eigenvalue weighted by atomic mass is 16.5. The number of ether oxygens (including phenoxy) is 3. The van der Waals surface area contributed by atoms with Crippen molar-refractivity contribution >= 4 is 11.6 Å². The maximum absolute atomic E-state index is 13.1. The molecule has 0 fully saturated rings. The number of hydrogen-bond acceptors (Lipinski definition) is 7. The fraction of sp³-hybridized carbons (Fsp3) is 0.370. The van der Waals surface area contributed by atoms with Gasteiger partial charge in [0.25, 0.3) is 5.89 Å². The van der Waals surface area contributed by atoms with Crippen molar-refractivity contribution < 1.29 is 23.5 Å². The lowest BCUT2D eigenvalue weighted by Crippen LogP contribution is -2.46. The number of aromatic nitrogens is 2. The molecule has 190 valence electrons. The van der Waals surface area contributed by atoms with Crippen molar-refractivity contribution in [2.24, 2.45) is 0 Å². The summed E-state index contributed by atoms with van der Waals surface area (Å²) in [6.07, 6.45) is 3.01. The molecule has 0 bridgehead atoms. The molecule has 0 aliphatic carbocycles. The van der Waals surface area contributed by atoms with Gasteiger partial charge in [-0.2, -0.15) is 4.98 Å². The van der Waals surface area contributed by atoms with Crippen molar-refractivity contribution in [1.82, 2.24) is 20.4 Å². The molecule has 1 aliphatic rings. The average Bonchev–Trinajstić information content (AvgIpc) is 3.39. The number of urea groups is 1. The Labute approximate surface area is 211 Å². The first kappa shape index (κ1) is 25.1. The van der Waals surface area contributed by atoms with Gasteiger partial charge in [-0.3, -0.25) is 4.90 Å². The second-order valence-electron chi connectivity index (χ2n) is 8.51. The third kappa shape index (κ3) is 5.00. The van der Waals surface area contributed by atoms with Crippen molar-refractivity contribution in [3.63, 3.8) is 0 Å². The zero-order valence-electron chi connectivity index (χ0n) is 21.3. The topological polar surface area (TPSA) is 99.0 Å². The number of nitrogens with zero attached hydrogens (tertiary/aromatic N) is 3. The number of amides is 2. The molecule has 0 spiro atoms. The summed E-state index contributed by atoms with van der Waals surface area (Å²) in [4.78, 5) is 19.6. The van der Waals surface area contributed by atoms with Gasteiger partial charge in [0.1, 0.15) is 5.75 Å². The Bertz CT molecular complexity index is 1240. The van der Waals surface area contributed by atoms with E-state index in [1.807, 2.05) is 37.3 Å². The van der Waals surface area contributed by atoms with Crippen LogP contribution in [0.25, 0.3) is 17.0 Å². The van der Waals surface area contributed by atoms with Gasteiger partial charge < -0.3 is 24.1 Å². The molecule has 3 aromatic rings. The van der Waals surface area contributed by atoms with Gasteiger partial charge in [0.2, 0.25) is 5.82 Å². The number of allylic oxidation sites excluding steroid dienone is 1. The Kier molecular flexibility index (Phi) is 7.77. The lowest BCUT2D eigenvalue weighted by molar-refractivity contribution is 0.204. The highest BCUT2D eigenvalue weighted by Gasteiger charge is 2.35. The normalized spacial score (nSPS) is 15.6. The Hall–Kier alpha value is -4.01. The van der Waals surface area contributed by atoms with E-state index in [0.29, 0.717) is 29.8 Å². The fourth-order valence-electron chi connectivity index (χ4n) is 4.32. The molecule has 0 saturated heterocycles. The Morgan fingerprint density at radius 1 is 1.00 bits per heavy atom. The second kappa shape index (κ2) is 11.2. The maximum Gasteiger partial charge on any atom is 0.322 e. The number of unbranched alkanes of at least 4 members (excludes halogenated alkanes) is 2. The molecule has 2 heterocycles. The molecule has 1 aliphatic heterocycles. The van der Waals surface area contributed by atoms with Crippen molar-refractivity contribution in [1.29, 1.82) is 0 Å². The SMILES string of the molecule is CCCCCN1C(=O)NC(c2ccc(OC)cc2)C(c2nc(-c3ccc(OC)c(OC)c3)no2)=C1C. The smallest absolute Gasteiger partial charge is 0.322 e. The summed E-state index contributed by atoms with van der Waals surface area (Å²) in [6, 6.07) is 12.4. The number of carbonyl (C=O) groups is 1. The van der Waals surface area contributed by atoms with E-state index in [-0.39, 0.29) is 6.03 Å². The molecule has 1 aromatic heterocycles.